The Labute approximate surface area is 852 Å². The highest BCUT2D eigenvalue weighted by Gasteiger charge is 2.38. The van der Waals surface area contributed by atoms with Crippen molar-refractivity contribution < 1.29 is 141 Å². The molecule has 0 saturated heterocycles. The minimum Gasteiger partial charge on any atom is -0.508 e. The van der Waals surface area contributed by atoms with Gasteiger partial charge in [-0.2, -0.15) is 0 Å². The fourth-order valence-corrected chi connectivity index (χ4v) is 14.1. The van der Waals surface area contributed by atoms with Crippen molar-refractivity contribution in [1.82, 2.24) is 117 Å². The summed E-state index contributed by atoms with van der Waals surface area (Å²) in [6.45, 7) is 6.25. The first-order chi connectivity index (χ1) is 69.6. The lowest BCUT2D eigenvalue weighted by atomic mass is 10.0. The number of carbonyl (C=O) groups is 24. The van der Waals surface area contributed by atoms with Crippen molar-refractivity contribution in [3.63, 3.8) is 0 Å². The van der Waals surface area contributed by atoms with Crippen LogP contribution in [0.25, 0.3) is 0 Å². The highest BCUT2D eigenvalue weighted by molar-refractivity contribution is 8.03. The molecular formula is C89H133N29O29S. The molecule has 2 aliphatic rings. The smallest absolute Gasteiger partial charge is 0.303 e. The fraction of sp³-hybridized carbons (Fsp3) is 0.539. The molecule has 4 rings (SSSR count). The Bertz CT molecular complexity index is 5160. The van der Waals surface area contributed by atoms with Crippen molar-refractivity contribution >= 4 is 172 Å². The van der Waals surface area contributed by atoms with Crippen LogP contribution in [0.3, 0.4) is 0 Å². The van der Waals surface area contributed by atoms with Gasteiger partial charge in [0.25, 0.3) is 5.91 Å². The van der Waals surface area contributed by atoms with Crippen LogP contribution < -0.4 is 140 Å². The minimum absolute atomic E-state index is 0.0202. The molecule has 148 heavy (non-hydrogen) atoms. The monoisotopic (exact) mass is 2100 g/mol. The number of nitrogens with two attached hydrogens (primary N) is 4. The number of carbonyl (C=O) groups excluding carboxylic acids is 20. The van der Waals surface area contributed by atoms with E-state index in [2.05, 4.69) is 128 Å². The van der Waals surface area contributed by atoms with Crippen LogP contribution in [-0.2, 0) is 117 Å². The van der Waals surface area contributed by atoms with E-state index in [0.717, 1.165) is 46.4 Å². The van der Waals surface area contributed by atoms with E-state index in [4.69, 9.17) is 39.2 Å². The third-order valence-corrected chi connectivity index (χ3v) is 22.4. The number of amides is 20. The maximum atomic E-state index is 14.6. The fourth-order valence-electron chi connectivity index (χ4n) is 13.4. The number of rotatable bonds is 54. The summed E-state index contributed by atoms with van der Waals surface area (Å²) >= 11 is 0.738. The molecule has 58 nitrogen and oxygen atoms in total. The van der Waals surface area contributed by atoms with Gasteiger partial charge >= 0.3 is 23.9 Å². The van der Waals surface area contributed by atoms with Crippen LogP contribution in [0.15, 0.2) is 48.5 Å². The van der Waals surface area contributed by atoms with Crippen LogP contribution in [-0.4, -0.2) is 327 Å². The predicted octanol–water partition coefficient (Wildman–Crippen LogP) is -10.5. The maximum Gasteiger partial charge on any atom is 0.303 e. The molecule has 2 bridgehead atoms. The Morgan fingerprint density at radius 3 is 1.36 bits per heavy atom. The molecule has 38 N–H and O–H groups in total. The SMILES string of the molecule is CC(=O)N[C@@H](Cc1ccc(O)cc1)C(=O)NCC(=O)NCC(=O)N[C@@H](CCC(=O)O)C(=O)N[C@@H](C)C(=O)N[C@@H](C)C(=O)N[C@@H](CCCNC(=N)N)C(=O)N[C@@H](CCC(=O)O)C(=O)N[C@@H](C)C(=O)N[C@H]1CSC#Cc2ccc(cc2)C(=O)NCCCC[C@@H](C(=O)N[C@@H](C)C(=O)N[C@@H](C)C(=O)N[C@@H](CCCNC(=N)N)C(=O)N[C@@H](CCC(=O)O)C(N)=O)NC(=O)[C@H](CCC(=O)O)NC(=O)[C@H](CCCNC(=N)N)NC(=O)[C@H](C)NC1=O. The molecule has 0 radical (unpaired) electrons. The Hall–Kier alpha value is -16.8. The lowest BCUT2D eigenvalue weighted by Gasteiger charge is -2.27. The first-order valence-electron chi connectivity index (χ1n) is 46.7. The van der Waals surface area contributed by atoms with Crippen molar-refractivity contribution in [1.29, 1.82) is 16.2 Å². The van der Waals surface area contributed by atoms with Gasteiger partial charge in [0.2, 0.25) is 112 Å². The summed E-state index contributed by atoms with van der Waals surface area (Å²) in [7, 11) is 0. The normalized spacial score (nSPS) is 17.3. The summed E-state index contributed by atoms with van der Waals surface area (Å²) in [6.07, 6.45) is -6.42. The van der Waals surface area contributed by atoms with E-state index in [0.29, 0.717) is 11.1 Å². The van der Waals surface area contributed by atoms with Gasteiger partial charge in [0, 0.05) is 82.1 Å². The molecular weight excluding hydrogens is 1970 g/mol. The zero-order valence-electron chi connectivity index (χ0n) is 82.3. The van der Waals surface area contributed by atoms with E-state index in [1.807, 2.05) is 0 Å². The Balaban J connectivity index is 1.93. The van der Waals surface area contributed by atoms with E-state index in [1.165, 1.54) is 62.4 Å². The van der Waals surface area contributed by atoms with Gasteiger partial charge in [-0.25, -0.2) is 0 Å². The molecule has 0 fully saturated rings. The number of aliphatic carboxylic acids is 4. The van der Waals surface area contributed by atoms with Gasteiger partial charge < -0.3 is 165 Å². The highest BCUT2D eigenvalue weighted by atomic mass is 32.2. The number of primary amides is 1. The molecule has 0 saturated carbocycles. The zero-order valence-corrected chi connectivity index (χ0v) is 83.1. The third kappa shape index (κ3) is 50.5. The molecule has 0 spiro atoms. The van der Waals surface area contributed by atoms with E-state index < -0.39 is 327 Å². The average Bonchev–Trinajstić information content (AvgIpc) is 0.907. The second-order valence-electron chi connectivity index (χ2n) is 34.1. The molecule has 2 heterocycles. The van der Waals surface area contributed by atoms with Crippen molar-refractivity contribution in [3.8, 4) is 16.9 Å². The molecule has 59 heteroatoms. The predicted molar refractivity (Wildman–Crippen MR) is 525 cm³/mol. The van der Waals surface area contributed by atoms with Gasteiger partial charge in [0.05, 0.1) is 13.1 Å². The summed E-state index contributed by atoms with van der Waals surface area (Å²) in [5.74, 6) is -25.4. The summed E-state index contributed by atoms with van der Waals surface area (Å²) in [4.78, 5) is 321. The van der Waals surface area contributed by atoms with Crippen molar-refractivity contribution in [2.45, 2.75) is 261 Å². The molecule has 814 valence electrons. The molecule has 16 atom stereocenters. The number of fused-ring (bicyclic) bond motifs is 23. The van der Waals surface area contributed by atoms with Crippen LogP contribution in [0.4, 0.5) is 0 Å². The van der Waals surface area contributed by atoms with Crippen molar-refractivity contribution in [3.05, 3.63) is 65.2 Å². The van der Waals surface area contributed by atoms with Gasteiger partial charge in [-0.05, 0) is 172 Å². The first-order valence-corrected chi connectivity index (χ1v) is 47.7. The van der Waals surface area contributed by atoms with Gasteiger partial charge in [0.15, 0.2) is 17.9 Å². The van der Waals surface area contributed by atoms with Gasteiger partial charge in [-0.1, -0.05) is 29.8 Å². The molecule has 2 aromatic carbocycles. The molecule has 0 unspecified atom stereocenters. The number of nitrogens with one attached hydrogen (secondary N) is 25. The van der Waals surface area contributed by atoms with Crippen LogP contribution in [0.5, 0.6) is 5.75 Å². The maximum absolute atomic E-state index is 14.6. The van der Waals surface area contributed by atoms with Crippen LogP contribution in [0.1, 0.15) is 179 Å². The van der Waals surface area contributed by atoms with E-state index in [9.17, 15) is 141 Å². The Kier molecular flexibility index (Phi) is 55.5. The molecule has 2 aliphatic heterocycles. The van der Waals surface area contributed by atoms with Crippen LogP contribution in [0, 0.1) is 27.4 Å². The van der Waals surface area contributed by atoms with Gasteiger partial charge in [-0.15, -0.1) is 0 Å². The summed E-state index contributed by atoms with van der Waals surface area (Å²) in [5.41, 5.74) is 22.7. The third-order valence-electron chi connectivity index (χ3n) is 21.6. The summed E-state index contributed by atoms with van der Waals surface area (Å²) in [5, 5.41) is 126. The molecule has 20 amide bonds. The number of aromatic hydroxyl groups is 1. The van der Waals surface area contributed by atoms with Crippen LogP contribution >= 0.6 is 11.8 Å². The average molecular weight is 2110 g/mol. The van der Waals surface area contributed by atoms with Gasteiger partial charge in [0.1, 0.15) is 102 Å². The number of thioether (sulfide) groups is 1. The number of phenols is 1. The van der Waals surface area contributed by atoms with Crippen LogP contribution in [0.2, 0.25) is 0 Å². The van der Waals surface area contributed by atoms with Gasteiger partial charge in [-0.3, -0.25) is 131 Å². The lowest BCUT2D eigenvalue weighted by Crippen LogP contribution is -2.60. The molecule has 0 aromatic heterocycles. The number of phenolic OH excluding ortho intramolecular Hbond substituents is 1. The zero-order chi connectivity index (χ0) is 111. The van der Waals surface area contributed by atoms with E-state index >= 15 is 0 Å². The van der Waals surface area contributed by atoms with Crippen molar-refractivity contribution in [2.75, 3.05) is 45.0 Å². The first kappa shape index (κ1) is 125. The minimum atomic E-state index is -1.86. The molecule has 2 aromatic rings. The number of benzene rings is 2. The second kappa shape index (κ2) is 65.5. The number of carboxylic acid groups (broad SMARTS) is 4. The summed E-state index contributed by atoms with van der Waals surface area (Å²) in [6, 6.07) is -14.4. The van der Waals surface area contributed by atoms with Crippen molar-refractivity contribution in [2.24, 2.45) is 22.9 Å². The van der Waals surface area contributed by atoms with E-state index in [1.54, 1.807) is 0 Å². The highest BCUT2D eigenvalue weighted by Crippen LogP contribution is 2.16. The number of hydrogen-bond acceptors (Lipinski definition) is 29. The topological polar surface area (TPSA) is 951 Å². The number of carboxylic acids is 4. The quantitative estimate of drug-likeness (QED) is 0.00961. The Morgan fingerprint density at radius 1 is 0.432 bits per heavy atom. The standard InChI is InChI=1S/C89H133N29O29S/c1-43(71(132)103-45(3)73(134)112-56(14-10-35-98-87(91)92)82(143)111-54(70(90)131)25-29-66(123)124)105-79(140)55-13-8-9-34-97-77(138)52-21-17-50(18-22-52)33-38-148-42-63(86(147)108-47(5)75(136)114-58(16-12-37-100-89(95)96)84(145)117-61(85(146)115-55)28-32-69(129)130)118-76(137)48(6)107-81(142)60(27-31-68(127)128)116-83(144)57(15-11-36-99-88(93)94)113-74(135)46(4)104-72(133)44(2)106-80(141)59(26-30-67(125)126)110-65(122)41-101-64(121)40-102-78(139)62(109-49(7)119)39-51-19-23-53(120)24-20-51/h17-24,43-48,54-63,120H,8-16,25-32,34-37,39-42H2,1-7H3,(H2,90,131)(H,97,138)(H,101,121)(H,102,139)(H,103,132)(H,104,133)(H,105,140)(H,106,141)(H,107,142)(H,108,147)(H,109,119)(H,110,122)(H,111,143)(H,112,134)(H,113,135)(H,114,136)(H,115,146)(H,116,144)(H,117,145)(H,118,137)(H,123,124)(H,125,126)(H,127,128)(H,129,130)(H4,91,92,98)(H4,93,94,99)(H4,95,96,100)/t43-,44-,45-,46-,47-,48-,54-,55-,56-,57-,58-,59-,60-,61-,62-,63-/m0/s1. The number of guanidine groups is 3. The lowest BCUT2D eigenvalue weighted by molar-refractivity contribution is -0.139. The Morgan fingerprint density at radius 2 is 0.858 bits per heavy atom. The molecule has 0 aliphatic carbocycles. The van der Waals surface area contributed by atoms with E-state index in [-0.39, 0.29) is 102 Å². The number of hydrogen-bond donors (Lipinski definition) is 34. The second-order valence-corrected chi connectivity index (χ2v) is 34.9. The largest absolute Gasteiger partial charge is 0.508 e. The summed E-state index contributed by atoms with van der Waals surface area (Å²) < 4.78 is 0.